The van der Waals surface area contributed by atoms with Crippen LogP contribution in [0, 0.1) is 0 Å². The minimum atomic E-state index is 0.0489. The van der Waals surface area contributed by atoms with Crippen LogP contribution in [0.2, 0.25) is 0 Å². The van der Waals surface area contributed by atoms with E-state index in [2.05, 4.69) is 11.7 Å². The summed E-state index contributed by atoms with van der Waals surface area (Å²) in [6.45, 7) is 4.29. The molecule has 0 saturated carbocycles. The van der Waals surface area contributed by atoms with Crippen LogP contribution in [-0.2, 0) is 24.1 Å². The highest BCUT2D eigenvalue weighted by Crippen LogP contribution is 2.32. The van der Waals surface area contributed by atoms with E-state index < -0.39 is 0 Å². The average molecular weight is 379 g/mol. The van der Waals surface area contributed by atoms with Crippen molar-refractivity contribution in [2.24, 2.45) is 0 Å². The van der Waals surface area contributed by atoms with Gasteiger partial charge in [0.1, 0.15) is 0 Å². The molecule has 1 aromatic carbocycles. The van der Waals surface area contributed by atoms with Crippen LogP contribution in [0.4, 0.5) is 5.13 Å². The number of carbonyl (C=O) groups is 1. The van der Waals surface area contributed by atoms with Crippen LogP contribution in [-0.4, -0.2) is 27.2 Å². The summed E-state index contributed by atoms with van der Waals surface area (Å²) in [5.41, 5.74) is 3.13. The molecule has 5 nitrogen and oxygen atoms in total. The minimum absolute atomic E-state index is 0.0489. The number of nitrogens with zero attached hydrogens (tertiary/aromatic N) is 4. The van der Waals surface area contributed by atoms with Gasteiger partial charge in [0.25, 0.3) is 0 Å². The molecule has 0 spiro atoms. The van der Waals surface area contributed by atoms with E-state index in [1.165, 1.54) is 23.4 Å². The van der Waals surface area contributed by atoms with Gasteiger partial charge < -0.3 is 0 Å². The van der Waals surface area contributed by atoms with Crippen molar-refractivity contribution in [3.8, 4) is 5.69 Å². The third kappa shape index (κ3) is 3.85. The lowest BCUT2D eigenvalue weighted by molar-refractivity contribution is -0.117. The summed E-state index contributed by atoms with van der Waals surface area (Å²) >= 11 is 1.66. The van der Waals surface area contributed by atoms with Crippen molar-refractivity contribution < 1.29 is 4.79 Å². The zero-order valence-electron chi connectivity index (χ0n) is 15.2. The fourth-order valence-corrected chi connectivity index (χ4v) is 4.50. The third-order valence-electron chi connectivity index (χ3n) is 4.74. The monoisotopic (exact) mass is 378 g/mol. The highest BCUT2D eigenvalue weighted by atomic mass is 32.1. The predicted molar refractivity (Wildman–Crippen MR) is 109 cm³/mol. The highest BCUT2D eigenvalue weighted by molar-refractivity contribution is 7.16. The fraction of sp³-hybridized carbons (Fsp3) is 0.286. The van der Waals surface area contributed by atoms with E-state index in [1.54, 1.807) is 33.2 Å². The second kappa shape index (κ2) is 7.88. The maximum Gasteiger partial charge on any atom is 0.233 e. The smallest absolute Gasteiger partial charge is 0.233 e. The van der Waals surface area contributed by atoms with Gasteiger partial charge in [0.15, 0.2) is 5.13 Å². The number of carbonyl (C=O) groups excluding carboxylic acids is 1. The van der Waals surface area contributed by atoms with Crippen molar-refractivity contribution in [2.45, 2.75) is 32.1 Å². The van der Waals surface area contributed by atoms with Crippen LogP contribution >= 0.6 is 11.3 Å². The van der Waals surface area contributed by atoms with Gasteiger partial charge in [-0.25, -0.2) is 9.67 Å². The molecular formula is C21H22N4OS. The minimum Gasteiger partial charge on any atom is -0.284 e. The van der Waals surface area contributed by atoms with Crippen molar-refractivity contribution >= 4 is 22.4 Å². The summed E-state index contributed by atoms with van der Waals surface area (Å²) in [5, 5.41) is 5.03. The maximum atomic E-state index is 13.0. The first-order chi connectivity index (χ1) is 13.2. The topological polar surface area (TPSA) is 51.0 Å². The highest BCUT2D eigenvalue weighted by Gasteiger charge is 2.22. The molecule has 3 aromatic rings. The average Bonchev–Trinajstić information content (AvgIpc) is 3.36. The van der Waals surface area contributed by atoms with Gasteiger partial charge in [-0.05, 0) is 49.4 Å². The van der Waals surface area contributed by atoms with Crippen LogP contribution in [0.15, 0.2) is 55.4 Å². The zero-order chi connectivity index (χ0) is 18.6. The molecular weight excluding hydrogens is 356 g/mol. The molecule has 2 heterocycles. The lowest BCUT2D eigenvalue weighted by atomic mass is 10.0. The third-order valence-corrected chi connectivity index (χ3v) is 5.92. The number of anilines is 1. The second-order valence-electron chi connectivity index (χ2n) is 6.66. The van der Waals surface area contributed by atoms with Crippen LogP contribution in [0.1, 0.15) is 29.0 Å². The van der Waals surface area contributed by atoms with Gasteiger partial charge in [0, 0.05) is 23.8 Å². The molecule has 0 bridgehead atoms. The first-order valence-electron chi connectivity index (χ1n) is 9.23. The van der Waals surface area contributed by atoms with E-state index in [0.717, 1.165) is 29.2 Å². The lowest BCUT2D eigenvalue weighted by Gasteiger charge is -2.18. The summed E-state index contributed by atoms with van der Waals surface area (Å²) in [6.07, 6.45) is 10.3. The number of thiazole rings is 1. The van der Waals surface area contributed by atoms with Crippen LogP contribution in [0.25, 0.3) is 5.69 Å². The molecule has 6 heteroatoms. The molecule has 0 radical (unpaired) electrons. The molecule has 1 aliphatic carbocycles. The van der Waals surface area contributed by atoms with Gasteiger partial charge in [-0.15, -0.1) is 17.9 Å². The fourth-order valence-electron chi connectivity index (χ4n) is 3.33. The molecule has 4 rings (SSSR count). The standard InChI is InChI=1S/C21H22N4OS/c1-2-13-24(21-23-18-6-3-4-7-19(18)27-21)20(26)15-16-8-10-17(11-9-16)25-14-5-12-22-25/h2,5,8-12,14H,1,3-4,6-7,13,15H2. The Morgan fingerprint density at radius 1 is 1.26 bits per heavy atom. The summed E-state index contributed by atoms with van der Waals surface area (Å²) in [7, 11) is 0. The first-order valence-corrected chi connectivity index (χ1v) is 10.0. The number of amides is 1. The zero-order valence-corrected chi connectivity index (χ0v) is 16.0. The SMILES string of the molecule is C=CCN(C(=O)Cc1ccc(-n2cccn2)cc1)c1nc2c(s1)CCCC2. The number of hydrogen-bond donors (Lipinski definition) is 0. The lowest BCUT2D eigenvalue weighted by Crippen LogP contribution is -2.32. The van der Waals surface area contributed by atoms with Crippen LogP contribution in [0.3, 0.4) is 0 Å². The molecule has 0 N–H and O–H groups in total. The number of hydrogen-bond acceptors (Lipinski definition) is 4. The van der Waals surface area contributed by atoms with Crippen molar-refractivity contribution in [2.75, 3.05) is 11.4 Å². The molecule has 27 heavy (non-hydrogen) atoms. The summed E-state index contributed by atoms with van der Waals surface area (Å²) < 4.78 is 1.80. The summed E-state index contributed by atoms with van der Waals surface area (Å²) in [5.74, 6) is 0.0489. The molecule has 0 saturated heterocycles. The molecule has 0 atom stereocenters. The number of aromatic nitrogens is 3. The van der Waals surface area contributed by atoms with E-state index >= 15 is 0 Å². The molecule has 0 unspecified atom stereocenters. The number of fused-ring (bicyclic) bond motifs is 1. The van der Waals surface area contributed by atoms with E-state index in [1.807, 2.05) is 36.5 Å². The van der Waals surface area contributed by atoms with Crippen molar-refractivity contribution in [3.63, 3.8) is 0 Å². The maximum absolute atomic E-state index is 13.0. The normalized spacial score (nSPS) is 13.2. The summed E-state index contributed by atoms with van der Waals surface area (Å²) in [4.78, 5) is 20.8. The Bertz CT molecular complexity index is 904. The quantitative estimate of drug-likeness (QED) is 0.610. The van der Waals surface area contributed by atoms with E-state index in [-0.39, 0.29) is 5.91 Å². The Morgan fingerprint density at radius 3 is 2.78 bits per heavy atom. The summed E-state index contributed by atoms with van der Waals surface area (Å²) in [6, 6.07) is 9.81. The molecule has 2 aromatic heterocycles. The second-order valence-corrected chi connectivity index (χ2v) is 7.72. The van der Waals surface area contributed by atoms with E-state index in [9.17, 15) is 4.79 Å². The largest absolute Gasteiger partial charge is 0.284 e. The number of aryl methyl sites for hydroxylation is 2. The number of rotatable bonds is 6. The van der Waals surface area contributed by atoms with Gasteiger partial charge >= 0.3 is 0 Å². The predicted octanol–water partition coefficient (Wildman–Crippen LogP) is 3.97. The van der Waals surface area contributed by atoms with Gasteiger partial charge in [0.2, 0.25) is 5.91 Å². The van der Waals surface area contributed by atoms with Crippen LogP contribution < -0.4 is 4.90 Å². The van der Waals surface area contributed by atoms with Gasteiger partial charge in [-0.1, -0.05) is 18.2 Å². The molecule has 138 valence electrons. The Labute approximate surface area is 163 Å². The van der Waals surface area contributed by atoms with Crippen molar-refractivity contribution in [1.29, 1.82) is 0 Å². The molecule has 1 aliphatic rings. The van der Waals surface area contributed by atoms with Crippen LogP contribution in [0.5, 0.6) is 0 Å². The Kier molecular flexibility index (Phi) is 5.16. The van der Waals surface area contributed by atoms with Gasteiger partial charge in [-0.3, -0.25) is 9.69 Å². The molecule has 0 fully saturated rings. The number of benzene rings is 1. The molecule has 0 aliphatic heterocycles. The van der Waals surface area contributed by atoms with Crippen molar-refractivity contribution in [1.82, 2.24) is 14.8 Å². The van der Waals surface area contributed by atoms with Crippen molar-refractivity contribution in [3.05, 3.63) is 71.5 Å². The Morgan fingerprint density at radius 2 is 2.07 bits per heavy atom. The Hall–Kier alpha value is -2.73. The van der Waals surface area contributed by atoms with Gasteiger partial charge in [0.05, 0.1) is 17.8 Å². The first kappa shape index (κ1) is 17.7. The molecule has 1 amide bonds. The van der Waals surface area contributed by atoms with E-state index in [4.69, 9.17) is 4.98 Å². The van der Waals surface area contributed by atoms with E-state index in [0.29, 0.717) is 13.0 Å². The van der Waals surface area contributed by atoms with Gasteiger partial charge in [-0.2, -0.15) is 5.10 Å². The Balaban J connectivity index is 1.50.